The van der Waals surface area contributed by atoms with Crippen molar-refractivity contribution in [1.82, 2.24) is 4.90 Å². The van der Waals surface area contributed by atoms with Crippen LogP contribution in [-0.2, 0) is 9.53 Å². The van der Waals surface area contributed by atoms with Crippen LogP contribution in [0.25, 0.3) is 6.08 Å². The predicted molar refractivity (Wildman–Crippen MR) is 117 cm³/mol. The van der Waals surface area contributed by atoms with E-state index in [4.69, 9.17) is 9.47 Å². The van der Waals surface area contributed by atoms with Gasteiger partial charge in [0.2, 0.25) is 0 Å². The van der Waals surface area contributed by atoms with Crippen LogP contribution in [0, 0.1) is 17.0 Å². The van der Waals surface area contributed by atoms with Gasteiger partial charge < -0.3 is 9.47 Å². The van der Waals surface area contributed by atoms with E-state index >= 15 is 0 Å². The quantitative estimate of drug-likeness (QED) is 0.374. The Morgan fingerprint density at radius 1 is 1.20 bits per heavy atom. The van der Waals surface area contributed by atoms with Gasteiger partial charge in [0.1, 0.15) is 5.75 Å². The highest BCUT2D eigenvalue weighted by atomic mass is 32.2. The van der Waals surface area contributed by atoms with Gasteiger partial charge in [-0.1, -0.05) is 12.1 Å². The van der Waals surface area contributed by atoms with Gasteiger partial charge in [0, 0.05) is 18.7 Å². The largest absolute Gasteiger partial charge is 0.497 e. The molecule has 9 heteroatoms. The van der Waals surface area contributed by atoms with E-state index < -0.39 is 4.92 Å². The lowest BCUT2D eigenvalue weighted by Gasteiger charge is -2.14. The second kappa shape index (κ2) is 9.55. The molecule has 1 saturated heterocycles. The van der Waals surface area contributed by atoms with Crippen molar-refractivity contribution < 1.29 is 19.2 Å². The number of hydrogen-bond acceptors (Lipinski definition) is 7. The van der Waals surface area contributed by atoms with Crippen molar-refractivity contribution in [2.45, 2.75) is 6.92 Å². The van der Waals surface area contributed by atoms with Crippen LogP contribution < -0.4 is 4.74 Å². The van der Waals surface area contributed by atoms with Gasteiger partial charge in [-0.3, -0.25) is 19.8 Å². The first-order chi connectivity index (χ1) is 14.4. The molecule has 156 valence electrons. The fourth-order valence-electron chi connectivity index (χ4n) is 2.80. The number of amides is 1. The number of carbonyl (C=O) groups is 1. The summed E-state index contributed by atoms with van der Waals surface area (Å²) in [7, 11) is 3.15. The second-order valence-corrected chi connectivity index (χ2v) is 7.46. The Labute approximate surface area is 178 Å². The molecule has 0 unspecified atom stereocenters. The van der Waals surface area contributed by atoms with Gasteiger partial charge in [-0.25, -0.2) is 4.99 Å². The average molecular weight is 427 g/mol. The molecule has 3 rings (SSSR count). The number of aryl methyl sites for hydroxylation is 1. The SMILES string of the molecule is COCCN1C(=O)/C(=C/c2ccc(C)c([N+](=O)[O-])c2)SC1=Nc1ccc(OC)cc1. The zero-order valence-electron chi connectivity index (χ0n) is 16.8. The number of carbonyl (C=O) groups excluding carboxylic acids is 1. The molecule has 30 heavy (non-hydrogen) atoms. The van der Waals surface area contributed by atoms with Crippen molar-refractivity contribution >= 4 is 40.3 Å². The number of thioether (sulfide) groups is 1. The second-order valence-electron chi connectivity index (χ2n) is 6.46. The smallest absolute Gasteiger partial charge is 0.272 e. The minimum atomic E-state index is -0.428. The van der Waals surface area contributed by atoms with Crippen LogP contribution in [0.5, 0.6) is 5.75 Å². The molecule has 1 aliphatic heterocycles. The van der Waals surface area contributed by atoms with Crippen LogP contribution in [0.2, 0.25) is 0 Å². The molecule has 1 heterocycles. The van der Waals surface area contributed by atoms with Crippen LogP contribution in [0.4, 0.5) is 11.4 Å². The van der Waals surface area contributed by atoms with Gasteiger partial charge in [-0.05, 0) is 54.6 Å². The highest BCUT2D eigenvalue weighted by Crippen LogP contribution is 2.35. The zero-order chi connectivity index (χ0) is 21.7. The molecule has 0 aliphatic carbocycles. The van der Waals surface area contributed by atoms with Crippen LogP contribution >= 0.6 is 11.8 Å². The maximum absolute atomic E-state index is 12.9. The topological polar surface area (TPSA) is 94.3 Å². The first-order valence-electron chi connectivity index (χ1n) is 9.11. The van der Waals surface area contributed by atoms with E-state index in [1.165, 1.54) is 17.8 Å². The summed E-state index contributed by atoms with van der Waals surface area (Å²) in [5, 5.41) is 11.7. The summed E-state index contributed by atoms with van der Waals surface area (Å²) >= 11 is 1.23. The van der Waals surface area contributed by atoms with E-state index in [9.17, 15) is 14.9 Å². The highest BCUT2D eigenvalue weighted by Gasteiger charge is 2.33. The Kier molecular flexibility index (Phi) is 6.86. The van der Waals surface area contributed by atoms with Gasteiger partial charge in [-0.15, -0.1) is 0 Å². The van der Waals surface area contributed by atoms with E-state index in [1.807, 2.05) is 0 Å². The van der Waals surface area contributed by atoms with E-state index in [2.05, 4.69) is 4.99 Å². The Morgan fingerprint density at radius 2 is 1.93 bits per heavy atom. The van der Waals surface area contributed by atoms with E-state index in [0.717, 1.165) is 0 Å². The highest BCUT2D eigenvalue weighted by molar-refractivity contribution is 8.18. The summed E-state index contributed by atoms with van der Waals surface area (Å²) < 4.78 is 10.3. The molecule has 0 saturated carbocycles. The number of nitro benzene ring substituents is 1. The third kappa shape index (κ3) is 4.87. The Balaban J connectivity index is 1.94. The van der Waals surface area contributed by atoms with Crippen molar-refractivity contribution in [2.75, 3.05) is 27.4 Å². The molecule has 0 radical (unpaired) electrons. The van der Waals surface area contributed by atoms with Crippen molar-refractivity contribution in [2.24, 2.45) is 4.99 Å². The molecule has 1 aliphatic rings. The number of nitro groups is 1. The number of nitrogens with zero attached hydrogens (tertiary/aromatic N) is 3. The molecule has 8 nitrogen and oxygen atoms in total. The maximum Gasteiger partial charge on any atom is 0.272 e. The third-order valence-corrected chi connectivity index (χ3v) is 5.44. The van der Waals surface area contributed by atoms with E-state index in [0.29, 0.717) is 45.8 Å². The summed E-state index contributed by atoms with van der Waals surface area (Å²) in [5.74, 6) is 0.499. The summed E-state index contributed by atoms with van der Waals surface area (Å²) in [5.41, 5.74) is 1.85. The summed E-state index contributed by atoms with van der Waals surface area (Å²) in [6, 6.07) is 12.1. The van der Waals surface area contributed by atoms with E-state index in [1.54, 1.807) is 68.5 Å². The number of hydrogen-bond donors (Lipinski definition) is 0. The first-order valence-corrected chi connectivity index (χ1v) is 9.92. The average Bonchev–Trinajstić information content (AvgIpc) is 3.02. The molecule has 2 aromatic rings. The maximum atomic E-state index is 12.9. The minimum absolute atomic E-state index is 0.0168. The molecule has 0 bridgehead atoms. The predicted octanol–water partition coefficient (Wildman–Crippen LogP) is 4.16. The molecule has 1 fully saturated rings. The van der Waals surface area contributed by atoms with Crippen molar-refractivity contribution in [1.29, 1.82) is 0 Å². The Bertz CT molecular complexity index is 1020. The molecule has 1 amide bonds. The van der Waals surface area contributed by atoms with Crippen LogP contribution in [0.15, 0.2) is 52.4 Å². The molecule has 0 atom stereocenters. The first kappa shape index (κ1) is 21.5. The molecule has 0 spiro atoms. The van der Waals surface area contributed by atoms with Crippen LogP contribution in [0.3, 0.4) is 0 Å². The summed E-state index contributed by atoms with van der Waals surface area (Å²) in [6.07, 6.45) is 1.65. The number of amidine groups is 1. The van der Waals surface area contributed by atoms with Gasteiger partial charge in [0.05, 0.1) is 35.8 Å². The summed E-state index contributed by atoms with van der Waals surface area (Å²) in [6.45, 7) is 2.39. The Morgan fingerprint density at radius 3 is 2.57 bits per heavy atom. The third-order valence-electron chi connectivity index (χ3n) is 4.43. The van der Waals surface area contributed by atoms with E-state index in [-0.39, 0.29) is 11.6 Å². The lowest BCUT2D eigenvalue weighted by Crippen LogP contribution is -2.32. The molecule has 2 aromatic carbocycles. The van der Waals surface area contributed by atoms with Crippen LogP contribution in [0.1, 0.15) is 11.1 Å². The Hall–Kier alpha value is -3.17. The lowest BCUT2D eigenvalue weighted by atomic mass is 10.1. The fraction of sp³-hybridized carbons (Fsp3) is 0.238. The van der Waals surface area contributed by atoms with Gasteiger partial charge in [-0.2, -0.15) is 0 Å². The van der Waals surface area contributed by atoms with Crippen molar-refractivity contribution in [3.8, 4) is 5.75 Å². The molecule has 0 N–H and O–H groups in total. The van der Waals surface area contributed by atoms with Crippen molar-refractivity contribution in [3.63, 3.8) is 0 Å². The molecular formula is C21H21N3O5S. The van der Waals surface area contributed by atoms with Gasteiger partial charge in [0.15, 0.2) is 5.17 Å². The standard InChI is InChI=1S/C21H21N3O5S/c1-14-4-5-15(12-18(14)24(26)27)13-19-20(25)23(10-11-28-2)21(30-19)22-16-6-8-17(29-3)9-7-16/h4-9,12-13H,10-11H2,1-3H3/b19-13-,22-21?. The number of ether oxygens (including phenoxy) is 2. The normalized spacial score (nSPS) is 16.5. The fourth-order valence-corrected chi connectivity index (χ4v) is 3.83. The number of benzene rings is 2. The number of methoxy groups -OCH3 is 2. The minimum Gasteiger partial charge on any atom is -0.497 e. The monoisotopic (exact) mass is 427 g/mol. The number of rotatable bonds is 7. The lowest BCUT2D eigenvalue weighted by molar-refractivity contribution is -0.385. The molecule has 0 aromatic heterocycles. The van der Waals surface area contributed by atoms with Gasteiger partial charge >= 0.3 is 0 Å². The van der Waals surface area contributed by atoms with Crippen molar-refractivity contribution in [3.05, 3.63) is 68.6 Å². The molecular weight excluding hydrogens is 406 g/mol. The number of aliphatic imine (C=N–C) groups is 1. The van der Waals surface area contributed by atoms with Gasteiger partial charge in [0.25, 0.3) is 11.6 Å². The zero-order valence-corrected chi connectivity index (χ0v) is 17.6. The summed E-state index contributed by atoms with van der Waals surface area (Å²) in [4.78, 5) is 30.3. The van der Waals surface area contributed by atoms with Crippen LogP contribution in [-0.4, -0.2) is 48.3 Å².